The summed E-state index contributed by atoms with van der Waals surface area (Å²) in [5, 5.41) is 0. The van der Waals surface area contributed by atoms with Crippen molar-refractivity contribution < 1.29 is 22.0 Å². The molecule has 1 rings (SSSR count). The number of nitrogens with two attached hydrogens (primary N) is 1. The van der Waals surface area contributed by atoms with E-state index in [9.17, 15) is 22.0 Å². The Balaban J connectivity index is 2.69. The number of rotatable bonds is 6. The molecule has 1 aromatic carbocycles. The lowest BCUT2D eigenvalue weighted by Gasteiger charge is -2.21. The van der Waals surface area contributed by atoms with E-state index in [1.165, 1.54) is 17.0 Å². The van der Waals surface area contributed by atoms with Gasteiger partial charge in [-0.2, -0.15) is 13.2 Å². The second kappa shape index (κ2) is 6.81. The second-order valence-electron chi connectivity index (χ2n) is 4.11. The van der Waals surface area contributed by atoms with Crippen LogP contribution in [-0.2, 0) is 12.7 Å². The summed E-state index contributed by atoms with van der Waals surface area (Å²) in [5.41, 5.74) is 5.09. The highest BCUT2D eigenvalue weighted by Gasteiger charge is 2.29. The van der Waals surface area contributed by atoms with E-state index >= 15 is 0 Å². The quantitative estimate of drug-likeness (QED) is 0.813. The van der Waals surface area contributed by atoms with Crippen LogP contribution >= 0.6 is 0 Å². The summed E-state index contributed by atoms with van der Waals surface area (Å²) in [6, 6.07) is 4.46. The number of nitrogens with zero attached hydrogens (tertiary/aromatic N) is 1. The third-order valence-corrected chi connectivity index (χ3v) is 2.53. The molecule has 0 aliphatic rings. The number of hydrogen-bond acceptors (Lipinski definition) is 2. The predicted octanol–water partition coefficient (Wildman–Crippen LogP) is 2.73. The SMILES string of the molecule is NCCN(Cc1ccc(C(F)(F)F)cc1)CC(F)F. The normalized spacial score (nSPS) is 12.4. The summed E-state index contributed by atoms with van der Waals surface area (Å²) < 4.78 is 61.6. The van der Waals surface area contributed by atoms with Gasteiger partial charge in [0, 0.05) is 19.6 Å². The van der Waals surface area contributed by atoms with Crippen molar-refractivity contribution in [3.05, 3.63) is 35.4 Å². The van der Waals surface area contributed by atoms with E-state index in [1.807, 2.05) is 0 Å². The molecule has 108 valence electrons. The Hall–Kier alpha value is -1.21. The van der Waals surface area contributed by atoms with Gasteiger partial charge >= 0.3 is 6.18 Å². The van der Waals surface area contributed by atoms with Gasteiger partial charge in [0.2, 0.25) is 0 Å². The molecular weight excluding hydrogens is 267 g/mol. The van der Waals surface area contributed by atoms with Crippen LogP contribution in [0, 0.1) is 0 Å². The summed E-state index contributed by atoms with van der Waals surface area (Å²) in [5.74, 6) is 0. The largest absolute Gasteiger partial charge is 0.416 e. The summed E-state index contributed by atoms with van der Waals surface area (Å²) in [7, 11) is 0. The molecular formula is C12H15F5N2. The monoisotopic (exact) mass is 282 g/mol. The van der Waals surface area contributed by atoms with Gasteiger partial charge in [-0.1, -0.05) is 12.1 Å². The average Bonchev–Trinajstić information content (AvgIpc) is 2.28. The molecule has 0 unspecified atom stereocenters. The third-order valence-electron chi connectivity index (χ3n) is 2.53. The van der Waals surface area contributed by atoms with Crippen molar-refractivity contribution in [3.8, 4) is 0 Å². The van der Waals surface area contributed by atoms with Crippen LogP contribution in [0.4, 0.5) is 22.0 Å². The van der Waals surface area contributed by atoms with Gasteiger partial charge in [-0.25, -0.2) is 8.78 Å². The Labute approximate surface area is 108 Å². The fourth-order valence-electron chi connectivity index (χ4n) is 1.67. The molecule has 0 heterocycles. The smallest absolute Gasteiger partial charge is 0.329 e. The molecule has 0 amide bonds. The number of halogens is 5. The van der Waals surface area contributed by atoms with E-state index in [-0.39, 0.29) is 19.6 Å². The number of benzene rings is 1. The zero-order valence-electron chi connectivity index (χ0n) is 10.1. The van der Waals surface area contributed by atoms with Crippen molar-refractivity contribution >= 4 is 0 Å². The molecule has 0 saturated heterocycles. The molecule has 2 N–H and O–H groups in total. The summed E-state index contributed by atoms with van der Waals surface area (Å²) in [6.07, 6.45) is -6.89. The Morgan fingerprint density at radius 3 is 2.11 bits per heavy atom. The molecule has 7 heteroatoms. The number of hydrogen-bond donors (Lipinski definition) is 1. The van der Waals surface area contributed by atoms with Gasteiger partial charge in [0.15, 0.2) is 0 Å². The van der Waals surface area contributed by atoms with Crippen molar-refractivity contribution in [2.75, 3.05) is 19.6 Å². The molecule has 0 fully saturated rings. The maximum absolute atomic E-state index is 12.3. The van der Waals surface area contributed by atoms with Crippen LogP contribution in [0.3, 0.4) is 0 Å². The molecule has 0 atom stereocenters. The average molecular weight is 282 g/mol. The zero-order valence-corrected chi connectivity index (χ0v) is 10.1. The van der Waals surface area contributed by atoms with Crippen LogP contribution in [0.15, 0.2) is 24.3 Å². The Kier molecular flexibility index (Phi) is 5.68. The highest BCUT2D eigenvalue weighted by molar-refractivity contribution is 5.24. The van der Waals surface area contributed by atoms with Crippen LogP contribution in [-0.4, -0.2) is 31.0 Å². The highest BCUT2D eigenvalue weighted by Crippen LogP contribution is 2.29. The lowest BCUT2D eigenvalue weighted by atomic mass is 10.1. The van der Waals surface area contributed by atoms with E-state index in [1.54, 1.807) is 0 Å². The first-order chi connectivity index (χ1) is 8.82. The highest BCUT2D eigenvalue weighted by atomic mass is 19.4. The van der Waals surface area contributed by atoms with Crippen LogP contribution in [0.1, 0.15) is 11.1 Å². The lowest BCUT2D eigenvalue weighted by molar-refractivity contribution is -0.137. The van der Waals surface area contributed by atoms with Gasteiger partial charge in [0.1, 0.15) is 0 Å². The van der Waals surface area contributed by atoms with Crippen molar-refractivity contribution in [1.82, 2.24) is 4.90 Å². The Bertz CT molecular complexity index is 375. The predicted molar refractivity (Wildman–Crippen MR) is 61.8 cm³/mol. The molecule has 19 heavy (non-hydrogen) atoms. The topological polar surface area (TPSA) is 29.3 Å². The van der Waals surface area contributed by atoms with Crippen molar-refractivity contribution in [2.24, 2.45) is 5.73 Å². The van der Waals surface area contributed by atoms with Gasteiger partial charge in [-0.3, -0.25) is 4.90 Å². The lowest BCUT2D eigenvalue weighted by Crippen LogP contribution is -2.33. The molecule has 1 aromatic rings. The van der Waals surface area contributed by atoms with Crippen molar-refractivity contribution in [3.63, 3.8) is 0 Å². The van der Waals surface area contributed by atoms with E-state index in [4.69, 9.17) is 5.73 Å². The van der Waals surface area contributed by atoms with Crippen LogP contribution < -0.4 is 5.73 Å². The molecule has 0 aliphatic heterocycles. The fourth-order valence-corrected chi connectivity index (χ4v) is 1.67. The first-order valence-electron chi connectivity index (χ1n) is 5.69. The van der Waals surface area contributed by atoms with Crippen molar-refractivity contribution in [1.29, 1.82) is 0 Å². The Morgan fingerprint density at radius 1 is 1.11 bits per heavy atom. The van der Waals surface area contributed by atoms with Gasteiger partial charge in [0.05, 0.1) is 12.1 Å². The molecule has 0 aliphatic carbocycles. The molecule has 0 saturated carbocycles. The minimum atomic E-state index is -4.39. The minimum absolute atomic E-state index is 0.152. The Morgan fingerprint density at radius 2 is 1.68 bits per heavy atom. The maximum Gasteiger partial charge on any atom is 0.416 e. The first-order valence-corrected chi connectivity index (χ1v) is 5.69. The van der Waals surface area contributed by atoms with E-state index < -0.39 is 24.7 Å². The first kappa shape index (κ1) is 15.8. The van der Waals surface area contributed by atoms with Crippen LogP contribution in [0.25, 0.3) is 0 Å². The van der Waals surface area contributed by atoms with Gasteiger partial charge in [0.25, 0.3) is 6.43 Å². The molecule has 0 aromatic heterocycles. The fraction of sp³-hybridized carbons (Fsp3) is 0.500. The maximum atomic E-state index is 12.3. The molecule has 0 bridgehead atoms. The number of alkyl halides is 5. The van der Waals surface area contributed by atoms with Crippen molar-refractivity contribution in [2.45, 2.75) is 19.1 Å². The second-order valence-corrected chi connectivity index (χ2v) is 4.11. The molecule has 2 nitrogen and oxygen atoms in total. The summed E-state index contributed by atoms with van der Waals surface area (Å²) >= 11 is 0. The third kappa shape index (κ3) is 5.52. The van der Waals surface area contributed by atoms with Crippen LogP contribution in [0.2, 0.25) is 0 Å². The molecule has 0 spiro atoms. The summed E-state index contributed by atoms with van der Waals surface area (Å²) in [4.78, 5) is 1.41. The van der Waals surface area contributed by atoms with Gasteiger partial charge in [-0.05, 0) is 17.7 Å². The van der Waals surface area contributed by atoms with Gasteiger partial charge in [-0.15, -0.1) is 0 Å². The van der Waals surface area contributed by atoms with E-state index in [0.717, 1.165) is 12.1 Å². The van der Waals surface area contributed by atoms with E-state index in [2.05, 4.69) is 0 Å². The van der Waals surface area contributed by atoms with Crippen LogP contribution in [0.5, 0.6) is 0 Å². The standard InChI is InChI=1S/C12H15F5N2/c13-11(14)8-19(6-5-18)7-9-1-3-10(4-2-9)12(15,16)17/h1-4,11H,5-8,18H2. The zero-order chi connectivity index (χ0) is 14.5. The molecule has 0 radical (unpaired) electrons. The van der Waals surface area contributed by atoms with Gasteiger partial charge < -0.3 is 5.73 Å². The summed E-state index contributed by atoms with van der Waals surface area (Å²) in [6.45, 7) is 0.191. The minimum Gasteiger partial charge on any atom is -0.329 e. The van der Waals surface area contributed by atoms with E-state index in [0.29, 0.717) is 5.56 Å².